The van der Waals surface area contributed by atoms with Crippen LogP contribution in [0.25, 0.3) is 0 Å². The van der Waals surface area contributed by atoms with Crippen LogP contribution in [0.3, 0.4) is 0 Å². The zero-order valence-corrected chi connectivity index (χ0v) is 13.5. The minimum Gasteiger partial charge on any atom is -0.495 e. The quantitative estimate of drug-likeness (QED) is 0.932. The molecule has 0 aromatic heterocycles. The molecule has 0 spiro atoms. The molecule has 0 aliphatic carbocycles. The van der Waals surface area contributed by atoms with Crippen molar-refractivity contribution in [3.05, 3.63) is 47.0 Å². The lowest BCUT2D eigenvalue weighted by Crippen LogP contribution is -2.31. The van der Waals surface area contributed by atoms with E-state index in [9.17, 15) is 4.79 Å². The summed E-state index contributed by atoms with van der Waals surface area (Å²) in [5, 5.41) is 3.22. The van der Waals surface area contributed by atoms with E-state index in [4.69, 9.17) is 25.8 Å². The first-order valence-corrected chi connectivity index (χ1v) is 7.47. The molecule has 3 rings (SSSR count). The van der Waals surface area contributed by atoms with Gasteiger partial charge in [-0.2, -0.15) is 0 Å². The Morgan fingerprint density at radius 3 is 2.65 bits per heavy atom. The van der Waals surface area contributed by atoms with E-state index in [-0.39, 0.29) is 5.91 Å². The van der Waals surface area contributed by atoms with Crippen LogP contribution in [0.5, 0.6) is 17.2 Å². The molecule has 0 unspecified atom stereocenters. The predicted octanol–water partition coefficient (Wildman–Crippen LogP) is 3.30. The Bertz CT molecular complexity index is 722. The number of carbonyl (C=O) groups excluding carboxylic acids is 1. The van der Waals surface area contributed by atoms with E-state index in [1.54, 1.807) is 12.1 Å². The van der Waals surface area contributed by atoms with Crippen molar-refractivity contribution in [3.63, 3.8) is 0 Å². The molecule has 0 saturated heterocycles. The molecule has 2 aromatic carbocycles. The van der Waals surface area contributed by atoms with Crippen LogP contribution in [0.2, 0.25) is 5.02 Å². The molecule has 0 fully saturated rings. The molecule has 1 aliphatic rings. The van der Waals surface area contributed by atoms with Crippen LogP contribution in [0.15, 0.2) is 36.4 Å². The van der Waals surface area contributed by atoms with Gasteiger partial charge in [-0.05, 0) is 11.6 Å². The highest BCUT2D eigenvalue weighted by Gasteiger charge is 2.29. The lowest BCUT2D eigenvalue weighted by molar-refractivity contribution is -0.122. The maximum Gasteiger partial charge on any atom is 0.265 e. The Hall–Kier alpha value is -2.40. The van der Waals surface area contributed by atoms with Crippen LogP contribution in [0.1, 0.15) is 5.56 Å². The maximum atomic E-state index is 12.5. The first-order chi connectivity index (χ1) is 11.1. The standard InChI is InChI=1S/C17H16ClNO4/c1-21-14-9-12(15(22-2)8-11(14)18)19-17(20)16-7-10-5-3-4-6-13(10)23-16/h3-6,8-9,16H,7H2,1-2H3,(H,19,20)/t16-/m0/s1. The summed E-state index contributed by atoms with van der Waals surface area (Å²) >= 11 is 6.06. The van der Waals surface area contributed by atoms with Crippen LogP contribution in [0, 0.1) is 0 Å². The molecule has 1 atom stereocenters. The fraction of sp³-hybridized carbons (Fsp3) is 0.235. The highest BCUT2D eigenvalue weighted by atomic mass is 35.5. The fourth-order valence-electron chi connectivity index (χ4n) is 2.50. The van der Waals surface area contributed by atoms with Gasteiger partial charge in [0.05, 0.1) is 24.9 Å². The Balaban J connectivity index is 1.79. The number of anilines is 1. The first-order valence-electron chi connectivity index (χ1n) is 7.09. The van der Waals surface area contributed by atoms with Gasteiger partial charge in [-0.15, -0.1) is 0 Å². The van der Waals surface area contributed by atoms with Crippen LogP contribution in [-0.4, -0.2) is 26.2 Å². The Kier molecular flexibility index (Phi) is 4.30. The molecule has 5 nitrogen and oxygen atoms in total. The van der Waals surface area contributed by atoms with E-state index in [0.29, 0.717) is 28.6 Å². The second kappa shape index (κ2) is 6.38. The summed E-state index contributed by atoms with van der Waals surface area (Å²) < 4.78 is 16.1. The number of nitrogens with one attached hydrogen (secondary N) is 1. The smallest absolute Gasteiger partial charge is 0.265 e. The van der Waals surface area contributed by atoms with Crippen molar-refractivity contribution in [2.75, 3.05) is 19.5 Å². The summed E-state index contributed by atoms with van der Waals surface area (Å²) in [6.07, 6.45) is -0.0338. The average molecular weight is 334 g/mol. The maximum absolute atomic E-state index is 12.5. The highest BCUT2D eigenvalue weighted by molar-refractivity contribution is 6.32. The monoisotopic (exact) mass is 333 g/mol. The summed E-state index contributed by atoms with van der Waals surface area (Å²) in [5.41, 5.74) is 1.51. The van der Waals surface area contributed by atoms with Crippen molar-refractivity contribution in [1.82, 2.24) is 0 Å². The van der Waals surface area contributed by atoms with Gasteiger partial charge < -0.3 is 19.5 Å². The van der Waals surface area contributed by atoms with Crippen molar-refractivity contribution >= 4 is 23.2 Å². The van der Waals surface area contributed by atoms with E-state index >= 15 is 0 Å². The minimum absolute atomic E-state index is 0.246. The molecule has 2 aromatic rings. The van der Waals surface area contributed by atoms with Crippen molar-refractivity contribution in [2.24, 2.45) is 0 Å². The largest absolute Gasteiger partial charge is 0.495 e. The molecule has 120 valence electrons. The van der Waals surface area contributed by atoms with Gasteiger partial charge in [-0.25, -0.2) is 0 Å². The number of methoxy groups -OCH3 is 2. The third-order valence-corrected chi connectivity index (χ3v) is 3.97. The van der Waals surface area contributed by atoms with Gasteiger partial charge in [0.25, 0.3) is 5.91 Å². The summed E-state index contributed by atoms with van der Waals surface area (Å²) in [6.45, 7) is 0. The Morgan fingerprint density at radius 1 is 1.22 bits per heavy atom. The summed E-state index contributed by atoms with van der Waals surface area (Å²) in [6, 6.07) is 10.8. The number of carbonyl (C=O) groups is 1. The van der Waals surface area contributed by atoms with Crippen molar-refractivity contribution in [3.8, 4) is 17.2 Å². The van der Waals surface area contributed by atoms with Crippen LogP contribution in [0.4, 0.5) is 5.69 Å². The topological polar surface area (TPSA) is 56.8 Å². The van der Waals surface area contributed by atoms with E-state index in [2.05, 4.69) is 5.32 Å². The molecule has 1 N–H and O–H groups in total. The fourth-order valence-corrected chi connectivity index (χ4v) is 2.73. The minimum atomic E-state index is -0.571. The third kappa shape index (κ3) is 3.05. The molecule has 6 heteroatoms. The molecule has 0 bridgehead atoms. The molecule has 1 heterocycles. The van der Waals surface area contributed by atoms with Gasteiger partial charge >= 0.3 is 0 Å². The number of benzene rings is 2. The number of amides is 1. The third-order valence-electron chi connectivity index (χ3n) is 3.67. The number of halogens is 1. The lowest BCUT2D eigenvalue weighted by Gasteiger charge is -2.15. The number of hydrogen-bond donors (Lipinski definition) is 1. The predicted molar refractivity (Wildman–Crippen MR) is 87.7 cm³/mol. The van der Waals surface area contributed by atoms with Gasteiger partial charge in [0.2, 0.25) is 0 Å². The van der Waals surface area contributed by atoms with E-state index < -0.39 is 6.10 Å². The van der Waals surface area contributed by atoms with E-state index in [1.807, 2.05) is 24.3 Å². The van der Waals surface area contributed by atoms with Gasteiger partial charge in [0.15, 0.2) is 6.10 Å². The normalized spacial score (nSPS) is 15.5. The van der Waals surface area contributed by atoms with Crippen LogP contribution in [-0.2, 0) is 11.2 Å². The van der Waals surface area contributed by atoms with Gasteiger partial charge in [-0.1, -0.05) is 29.8 Å². The van der Waals surface area contributed by atoms with Gasteiger partial charge in [-0.3, -0.25) is 4.79 Å². The van der Waals surface area contributed by atoms with Crippen molar-refractivity contribution in [2.45, 2.75) is 12.5 Å². The summed E-state index contributed by atoms with van der Waals surface area (Å²) in [7, 11) is 3.02. The van der Waals surface area contributed by atoms with Gasteiger partial charge in [0, 0.05) is 18.6 Å². The Labute approximate surface area is 139 Å². The first kappa shape index (κ1) is 15.5. The van der Waals surface area contributed by atoms with Crippen LogP contribution < -0.4 is 19.5 Å². The van der Waals surface area contributed by atoms with E-state index in [1.165, 1.54) is 14.2 Å². The average Bonchev–Trinajstić information content (AvgIpc) is 3.00. The number of rotatable bonds is 4. The van der Waals surface area contributed by atoms with Crippen molar-refractivity contribution < 1.29 is 19.0 Å². The zero-order valence-electron chi connectivity index (χ0n) is 12.8. The Morgan fingerprint density at radius 2 is 1.96 bits per heavy atom. The summed E-state index contributed by atoms with van der Waals surface area (Å²) in [5.74, 6) is 1.41. The lowest BCUT2D eigenvalue weighted by atomic mass is 10.1. The molecule has 1 amide bonds. The second-order valence-corrected chi connectivity index (χ2v) is 5.50. The number of ether oxygens (including phenoxy) is 3. The molecular formula is C17H16ClNO4. The summed E-state index contributed by atoms with van der Waals surface area (Å²) in [4.78, 5) is 12.5. The van der Waals surface area contributed by atoms with Gasteiger partial charge in [0.1, 0.15) is 17.2 Å². The zero-order chi connectivity index (χ0) is 16.4. The molecule has 23 heavy (non-hydrogen) atoms. The SMILES string of the molecule is COc1cc(NC(=O)[C@@H]2Cc3ccccc3O2)c(OC)cc1Cl. The number of para-hydroxylation sites is 1. The van der Waals surface area contributed by atoms with Crippen molar-refractivity contribution in [1.29, 1.82) is 0 Å². The van der Waals surface area contributed by atoms with E-state index in [0.717, 1.165) is 11.3 Å². The molecule has 0 saturated carbocycles. The number of fused-ring (bicyclic) bond motifs is 1. The highest BCUT2D eigenvalue weighted by Crippen LogP contribution is 2.36. The molecule has 1 aliphatic heterocycles. The molecule has 0 radical (unpaired) electrons. The second-order valence-electron chi connectivity index (χ2n) is 5.09. The van der Waals surface area contributed by atoms with Crippen LogP contribution >= 0.6 is 11.6 Å². The number of hydrogen-bond acceptors (Lipinski definition) is 4. The molecular weight excluding hydrogens is 318 g/mol.